The number of allylic oxidation sites excluding steroid dienone is 2. The van der Waals surface area contributed by atoms with Gasteiger partial charge in [0.05, 0.1) is 4.90 Å². The van der Waals surface area contributed by atoms with E-state index in [9.17, 15) is 8.42 Å². The number of benzene rings is 1. The standard InChI is InChI=1S/C19H30O2S/c1-4-5-6-7-8-9-13-16-19(17(2)3)22(20,21)18-14-11-10-12-15-18/h10-12,14-17H,4-9,13H2,1-3H3/b19-16-. The first kappa shape index (κ1) is 19.0. The SMILES string of the molecule is CCCCCCCC/C=C(/C(C)C)S(=O)(=O)c1ccccc1. The van der Waals surface area contributed by atoms with Gasteiger partial charge in [0.25, 0.3) is 0 Å². The molecule has 2 nitrogen and oxygen atoms in total. The summed E-state index contributed by atoms with van der Waals surface area (Å²) in [6.07, 6.45) is 10.2. The summed E-state index contributed by atoms with van der Waals surface area (Å²) >= 11 is 0. The van der Waals surface area contributed by atoms with Crippen LogP contribution in [0.5, 0.6) is 0 Å². The molecule has 1 aromatic rings. The van der Waals surface area contributed by atoms with Crippen molar-refractivity contribution in [1.29, 1.82) is 0 Å². The van der Waals surface area contributed by atoms with Crippen LogP contribution in [0.3, 0.4) is 0 Å². The molecule has 22 heavy (non-hydrogen) atoms. The van der Waals surface area contributed by atoms with Gasteiger partial charge in [-0.3, -0.25) is 0 Å². The van der Waals surface area contributed by atoms with Gasteiger partial charge in [-0.15, -0.1) is 0 Å². The smallest absolute Gasteiger partial charge is 0.202 e. The molecule has 0 radical (unpaired) electrons. The lowest BCUT2D eigenvalue weighted by Crippen LogP contribution is -2.10. The molecule has 1 aromatic carbocycles. The van der Waals surface area contributed by atoms with Gasteiger partial charge in [0.15, 0.2) is 0 Å². The summed E-state index contributed by atoms with van der Waals surface area (Å²) in [5.41, 5.74) is 0. The Morgan fingerprint density at radius 2 is 1.59 bits per heavy atom. The highest BCUT2D eigenvalue weighted by atomic mass is 32.2. The van der Waals surface area contributed by atoms with E-state index in [4.69, 9.17) is 0 Å². The summed E-state index contributed by atoms with van der Waals surface area (Å²) in [5.74, 6) is 0.0188. The van der Waals surface area contributed by atoms with E-state index in [1.807, 2.05) is 26.0 Å². The van der Waals surface area contributed by atoms with Crippen molar-refractivity contribution >= 4 is 9.84 Å². The fourth-order valence-corrected chi connectivity index (χ4v) is 4.31. The maximum Gasteiger partial charge on any atom is 0.202 e. The Labute approximate surface area is 136 Å². The lowest BCUT2D eigenvalue weighted by Gasteiger charge is -2.13. The van der Waals surface area contributed by atoms with Crippen LogP contribution in [0.1, 0.15) is 65.7 Å². The Morgan fingerprint density at radius 1 is 1.00 bits per heavy atom. The summed E-state index contributed by atoms with van der Waals surface area (Å²) in [7, 11) is -3.34. The van der Waals surface area contributed by atoms with E-state index in [0.29, 0.717) is 9.80 Å². The van der Waals surface area contributed by atoms with Crippen molar-refractivity contribution in [2.24, 2.45) is 5.92 Å². The number of unbranched alkanes of at least 4 members (excludes halogenated alkanes) is 6. The maximum absolute atomic E-state index is 12.7. The van der Waals surface area contributed by atoms with E-state index in [-0.39, 0.29) is 5.92 Å². The molecule has 1 rings (SSSR count). The summed E-state index contributed by atoms with van der Waals surface area (Å²) in [6.45, 7) is 6.12. The second kappa shape index (κ2) is 9.83. The summed E-state index contributed by atoms with van der Waals surface area (Å²) < 4.78 is 25.4. The fraction of sp³-hybridized carbons (Fsp3) is 0.579. The zero-order valence-electron chi connectivity index (χ0n) is 14.2. The molecule has 0 unspecified atom stereocenters. The lowest BCUT2D eigenvalue weighted by atomic mass is 10.1. The number of hydrogen-bond acceptors (Lipinski definition) is 2. The number of rotatable bonds is 10. The molecule has 0 saturated heterocycles. The van der Waals surface area contributed by atoms with E-state index in [1.54, 1.807) is 24.3 Å². The molecule has 124 valence electrons. The fourth-order valence-electron chi connectivity index (χ4n) is 2.56. The summed E-state index contributed by atoms with van der Waals surface area (Å²) in [4.78, 5) is 0.963. The van der Waals surface area contributed by atoms with E-state index in [1.165, 1.54) is 32.1 Å². The zero-order valence-corrected chi connectivity index (χ0v) is 15.0. The molecule has 0 spiro atoms. The van der Waals surface area contributed by atoms with Crippen LogP contribution in [0.4, 0.5) is 0 Å². The van der Waals surface area contributed by atoms with Crippen LogP contribution in [0, 0.1) is 5.92 Å². The minimum atomic E-state index is -3.34. The molecule has 0 amide bonds. The van der Waals surface area contributed by atoms with Crippen molar-refractivity contribution in [2.45, 2.75) is 70.6 Å². The highest BCUT2D eigenvalue weighted by Gasteiger charge is 2.22. The van der Waals surface area contributed by atoms with Crippen molar-refractivity contribution in [3.05, 3.63) is 41.3 Å². The van der Waals surface area contributed by atoms with Crippen molar-refractivity contribution in [2.75, 3.05) is 0 Å². The summed E-state index contributed by atoms with van der Waals surface area (Å²) in [6, 6.07) is 8.75. The van der Waals surface area contributed by atoms with Gasteiger partial charge in [0.2, 0.25) is 9.84 Å². The first-order valence-corrected chi connectivity index (χ1v) is 9.98. The molecule has 0 aromatic heterocycles. The average Bonchev–Trinajstić information content (AvgIpc) is 2.50. The molecule has 0 saturated carbocycles. The molecule has 0 atom stereocenters. The van der Waals surface area contributed by atoms with Gasteiger partial charge in [0, 0.05) is 4.91 Å². The van der Waals surface area contributed by atoms with Crippen LogP contribution < -0.4 is 0 Å². The van der Waals surface area contributed by atoms with Gasteiger partial charge >= 0.3 is 0 Å². The minimum Gasteiger partial charge on any atom is -0.219 e. The molecule has 0 aliphatic rings. The van der Waals surface area contributed by atoms with Crippen molar-refractivity contribution in [3.8, 4) is 0 Å². The second-order valence-electron chi connectivity index (χ2n) is 6.13. The van der Waals surface area contributed by atoms with E-state index < -0.39 is 9.84 Å². The van der Waals surface area contributed by atoms with Crippen LogP contribution >= 0.6 is 0 Å². The molecular weight excluding hydrogens is 292 g/mol. The van der Waals surface area contributed by atoms with E-state index in [0.717, 1.165) is 12.8 Å². The molecule has 0 aliphatic carbocycles. The molecule has 0 bridgehead atoms. The van der Waals surface area contributed by atoms with Gasteiger partial charge in [-0.05, 0) is 30.9 Å². The minimum absolute atomic E-state index is 0.0188. The third-order valence-electron chi connectivity index (χ3n) is 3.84. The molecular formula is C19H30O2S. The maximum atomic E-state index is 12.7. The quantitative estimate of drug-likeness (QED) is 0.514. The van der Waals surface area contributed by atoms with E-state index >= 15 is 0 Å². The second-order valence-corrected chi connectivity index (χ2v) is 8.08. The monoisotopic (exact) mass is 322 g/mol. The lowest BCUT2D eigenvalue weighted by molar-refractivity contribution is 0.592. The Balaban J connectivity index is 2.67. The highest BCUT2D eigenvalue weighted by Crippen LogP contribution is 2.26. The van der Waals surface area contributed by atoms with Crippen LogP contribution in [0.15, 0.2) is 46.2 Å². The predicted octanol–water partition coefficient (Wildman–Crippen LogP) is 5.75. The van der Waals surface area contributed by atoms with Gasteiger partial charge in [-0.1, -0.05) is 77.2 Å². The van der Waals surface area contributed by atoms with Crippen LogP contribution in [0.25, 0.3) is 0 Å². The molecule has 0 fully saturated rings. The Hall–Kier alpha value is -1.09. The van der Waals surface area contributed by atoms with E-state index in [2.05, 4.69) is 6.92 Å². The van der Waals surface area contributed by atoms with Gasteiger partial charge in [0.1, 0.15) is 0 Å². The third-order valence-corrected chi connectivity index (χ3v) is 5.99. The predicted molar refractivity (Wildman–Crippen MR) is 94.5 cm³/mol. The van der Waals surface area contributed by atoms with Crippen LogP contribution in [0.2, 0.25) is 0 Å². The van der Waals surface area contributed by atoms with Crippen molar-refractivity contribution in [1.82, 2.24) is 0 Å². The first-order chi connectivity index (χ1) is 10.5. The third kappa shape index (κ3) is 5.96. The topological polar surface area (TPSA) is 34.1 Å². The molecule has 3 heteroatoms. The number of sulfone groups is 1. The molecule has 0 aliphatic heterocycles. The average molecular weight is 323 g/mol. The van der Waals surface area contributed by atoms with Crippen molar-refractivity contribution in [3.63, 3.8) is 0 Å². The largest absolute Gasteiger partial charge is 0.219 e. The number of hydrogen-bond donors (Lipinski definition) is 0. The Morgan fingerprint density at radius 3 is 2.18 bits per heavy atom. The van der Waals surface area contributed by atoms with Gasteiger partial charge < -0.3 is 0 Å². The van der Waals surface area contributed by atoms with Crippen LogP contribution in [-0.2, 0) is 9.84 Å². The Bertz CT molecular complexity index is 542. The molecule has 0 N–H and O–H groups in total. The highest BCUT2D eigenvalue weighted by molar-refractivity contribution is 7.95. The van der Waals surface area contributed by atoms with Crippen molar-refractivity contribution < 1.29 is 8.42 Å². The van der Waals surface area contributed by atoms with Gasteiger partial charge in [-0.2, -0.15) is 0 Å². The summed E-state index contributed by atoms with van der Waals surface area (Å²) in [5, 5.41) is 0. The van der Waals surface area contributed by atoms with Gasteiger partial charge in [-0.25, -0.2) is 8.42 Å². The normalized spacial score (nSPS) is 12.8. The molecule has 0 heterocycles. The zero-order chi connectivity index (χ0) is 16.4. The first-order valence-electron chi connectivity index (χ1n) is 8.50. The van der Waals surface area contributed by atoms with Crippen LogP contribution in [-0.4, -0.2) is 8.42 Å². The Kier molecular flexibility index (Phi) is 8.47.